The van der Waals surface area contributed by atoms with Crippen LogP contribution in [0.15, 0.2) is 122 Å². The Labute approximate surface area is 373 Å². The molecule has 6 heteroatoms. The molecule has 61 heavy (non-hydrogen) atoms. The summed E-state index contributed by atoms with van der Waals surface area (Å²) in [4.78, 5) is 37.8. The van der Waals surface area contributed by atoms with E-state index in [0.29, 0.717) is 12.8 Å². The first-order chi connectivity index (χ1) is 30.0. The number of carbonyl (C=O) groups excluding carboxylic acids is 3. The lowest BCUT2D eigenvalue weighted by molar-refractivity contribution is -0.167. The summed E-state index contributed by atoms with van der Waals surface area (Å²) in [7, 11) is 0. The number of esters is 3. The molecule has 0 saturated carbocycles. The first-order valence-corrected chi connectivity index (χ1v) is 24.1. The van der Waals surface area contributed by atoms with Crippen molar-refractivity contribution in [2.45, 2.75) is 194 Å². The summed E-state index contributed by atoms with van der Waals surface area (Å²) in [6.07, 6.45) is 66.2. The average molecular weight is 843 g/mol. The van der Waals surface area contributed by atoms with Crippen molar-refractivity contribution in [1.29, 1.82) is 0 Å². The van der Waals surface area contributed by atoms with Gasteiger partial charge in [0.05, 0.1) is 0 Å². The Morgan fingerprint density at radius 1 is 0.361 bits per heavy atom. The van der Waals surface area contributed by atoms with Crippen LogP contribution in [0.1, 0.15) is 188 Å². The van der Waals surface area contributed by atoms with Crippen LogP contribution in [-0.2, 0) is 28.6 Å². The van der Waals surface area contributed by atoms with E-state index in [1.165, 1.54) is 44.9 Å². The number of rotatable bonds is 41. The zero-order chi connectivity index (χ0) is 44.4. The topological polar surface area (TPSA) is 78.9 Å². The minimum absolute atomic E-state index is 0.134. The molecule has 0 aromatic heterocycles. The highest BCUT2D eigenvalue weighted by atomic mass is 16.6. The Morgan fingerprint density at radius 3 is 1.25 bits per heavy atom. The number of hydrogen-bond acceptors (Lipinski definition) is 6. The number of allylic oxidation sites excluding steroid dienone is 20. The Kier molecular flexibility index (Phi) is 45.1. The monoisotopic (exact) mass is 843 g/mol. The SMILES string of the molecule is CC\C=C/C=C\C=C/C=C\CCCCCCCC(=O)OC(COC(=O)CCC/C=C\C/C=C\C/C=C\CC)COC(=O)CCC/C=C\C/C=C\C/C=C\CCCCCCCC. The third kappa shape index (κ3) is 46.7. The Hall–Kier alpha value is -4.19. The Bertz CT molecular complexity index is 1340. The lowest BCUT2D eigenvalue weighted by Gasteiger charge is -2.18. The molecule has 1 unspecified atom stereocenters. The van der Waals surface area contributed by atoms with Gasteiger partial charge in [0.25, 0.3) is 0 Å². The zero-order valence-electron chi connectivity index (χ0n) is 38.9. The highest BCUT2D eigenvalue weighted by molar-refractivity contribution is 5.71. The predicted octanol–water partition coefficient (Wildman–Crippen LogP) is 15.7. The Balaban J connectivity index is 4.57. The van der Waals surface area contributed by atoms with E-state index in [4.69, 9.17) is 14.2 Å². The maximum atomic E-state index is 12.7. The molecular formula is C55H86O6. The molecule has 0 fully saturated rings. The molecule has 0 aliphatic carbocycles. The second-order valence-electron chi connectivity index (χ2n) is 15.3. The maximum absolute atomic E-state index is 12.7. The molecular weight excluding hydrogens is 757 g/mol. The van der Waals surface area contributed by atoms with Crippen molar-refractivity contribution in [3.05, 3.63) is 122 Å². The van der Waals surface area contributed by atoms with E-state index in [1.807, 2.05) is 24.3 Å². The van der Waals surface area contributed by atoms with Gasteiger partial charge in [0.2, 0.25) is 0 Å². The van der Waals surface area contributed by atoms with E-state index in [0.717, 1.165) is 89.9 Å². The van der Waals surface area contributed by atoms with E-state index in [1.54, 1.807) is 0 Å². The van der Waals surface area contributed by atoms with Gasteiger partial charge in [0, 0.05) is 19.3 Å². The van der Waals surface area contributed by atoms with E-state index in [2.05, 4.69) is 118 Å². The van der Waals surface area contributed by atoms with Crippen LogP contribution >= 0.6 is 0 Å². The summed E-state index contributed by atoms with van der Waals surface area (Å²) in [5.74, 6) is -1.07. The minimum atomic E-state index is -0.833. The highest BCUT2D eigenvalue weighted by Crippen LogP contribution is 2.11. The van der Waals surface area contributed by atoms with Gasteiger partial charge in [-0.3, -0.25) is 14.4 Å². The fourth-order valence-corrected chi connectivity index (χ4v) is 5.96. The van der Waals surface area contributed by atoms with Crippen molar-refractivity contribution < 1.29 is 28.6 Å². The van der Waals surface area contributed by atoms with Crippen LogP contribution in [0.2, 0.25) is 0 Å². The second-order valence-corrected chi connectivity index (χ2v) is 15.3. The van der Waals surface area contributed by atoms with Crippen LogP contribution < -0.4 is 0 Å². The molecule has 342 valence electrons. The largest absolute Gasteiger partial charge is 0.462 e. The number of unbranched alkanes of at least 4 members (excludes halogenated alkanes) is 13. The van der Waals surface area contributed by atoms with Gasteiger partial charge < -0.3 is 14.2 Å². The van der Waals surface area contributed by atoms with Crippen LogP contribution in [-0.4, -0.2) is 37.2 Å². The van der Waals surface area contributed by atoms with Gasteiger partial charge >= 0.3 is 17.9 Å². The smallest absolute Gasteiger partial charge is 0.306 e. The third-order valence-corrected chi connectivity index (χ3v) is 9.53. The zero-order valence-corrected chi connectivity index (χ0v) is 38.9. The lowest BCUT2D eigenvalue weighted by atomic mass is 10.1. The predicted molar refractivity (Wildman–Crippen MR) is 260 cm³/mol. The van der Waals surface area contributed by atoms with Crippen molar-refractivity contribution in [3.63, 3.8) is 0 Å². The number of ether oxygens (including phenoxy) is 3. The molecule has 0 aliphatic rings. The molecule has 1 atom stereocenters. The van der Waals surface area contributed by atoms with Crippen LogP contribution in [0.4, 0.5) is 0 Å². The molecule has 0 aliphatic heterocycles. The lowest BCUT2D eigenvalue weighted by Crippen LogP contribution is -2.30. The second kappa shape index (κ2) is 48.5. The summed E-state index contributed by atoms with van der Waals surface area (Å²) in [6, 6.07) is 0. The van der Waals surface area contributed by atoms with E-state index < -0.39 is 6.10 Å². The molecule has 0 amide bonds. The fourth-order valence-electron chi connectivity index (χ4n) is 5.96. The van der Waals surface area contributed by atoms with Crippen molar-refractivity contribution in [1.82, 2.24) is 0 Å². The van der Waals surface area contributed by atoms with Gasteiger partial charge in [0.1, 0.15) is 13.2 Å². The van der Waals surface area contributed by atoms with Crippen LogP contribution in [0.25, 0.3) is 0 Å². The molecule has 0 heterocycles. The summed E-state index contributed by atoms with van der Waals surface area (Å²) in [5, 5.41) is 0. The van der Waals surface area contributed by atoms with E-state index in [9.17, 15) is 14.4 Å². The average Bonchev–Trinajstić information content (AvgIpc) is 3.26. The van der Waals surface area contributed by atoms with Crippen LogP contribution in [0.5, 0.6) is 0 Å². The van der Waals surface area contributed by atoms with Crippen molar-refractivity contribution >= 4 is 17.9 Å². The van der Waals surface area contributed by atoms with Crippen LogP contribution in [0.3, 0.4) is 0 Å². The van der Waals surface area contributed by atoms with Gasteiger partial charge in [-0.25, -0.2) is 0 Å². The molecule has 0 bridgehead atoms. The molecule has 0 rings (SSSR count). The van der Waals surface area contributed by atoms with Crippen LogP contribution in [0, 0.1) is 0 Å². The summed E-state index contributed by atoms with van der Waals surface area (Å²) in [6.45, 7) is 6.23. The van der Waals surface area contributed by atoms with Crippen molar-refractivity contribution in [3.8, 4) is 0 Å². The van der Waals surface area contributed by atoms with Gasteiger partial charge in [-0.2, -0.15) is 0 Å². The van der Waals surface area contributed by atoms with Crippen molar-refractivity contribution in [2.24, 2.45) is 0 Å². The van der Waals surface area contributed by atoms with E-state index >= 15 is 0 Å². The summed E-state index contributed by atoms with van der Waals surface area (Å²) >= 11 is 0. The van der Waals surface area contributed by atoms with Crippen molar-refractivity contribution in [2.75, 3.05) is 13.2 Å². The molecule has 0 aromatic carbocycles. The number of carbonyl (C=O) groups is 3. The normalized spacial score (nSPS) is 13.2. The summed E-state index contributed by atoms with van der Waals surface area (Å²) < 4.78 is 16.6. The van der Waals surface area contributed by atoms with Gasteiger partial charge in [0.15, 0.2) is 6.10 Å². The standard InChI is InChI=1S/C55H86O6/c1-4-7-10-13-16-19-22-24-26-27-29-30-33-36-39-42-45-48-54(57)60-51-52(50-59-53(56)47-44-41-38-35-32-21-18-15-12-9-6-3)61-55(58)49-46-43-40-37-34-31-28-25-23-20-17-14-11-8-5-2/h8-9,11-12,14,17-18,20-21,23-26,28-30,35-36,38-39,52H,4-7,10,13,15-16,19,22,27,31-34,37,40-51H2,1-3H3/b11-8-,12-9-,17-14-,21-18-,23-20-,26-24-,28-25-,30-29-,38-35-,39-36-. The molecule has 0 aromatic rings. The highest BCUT2D eigenvalue weighted by Gasteiger charge is 2.19. The Morgan fingerprint density at radius 2 is 0.738 bits per heavy atom. The number of hydrogen-bond donors (Lipinski definition) is 0. The minimum Gasteiger partial charge on any atom is -0.462 e. The fraction of sp³-hybridized carbons (Fsp3) is 0.582. The molecule has 0 N–H and O–H groups in total. The molecule has 0 radical (unpaired) electrons. The molecule has 6 nitrogen and oxygen atoms in total. The van der Waals surface area contributed by atoms with Gasteiger partial charge in [-0.05, 0) is 96.3 Å². The van der Waals surface area contributed by atoms with Gasteiger partial charge in [-0.15, -0.1) is 0 Å². The first kappa shape index (κ1) is 56.8. The third-order valence-electron chi connectivity index (χ3n) is 9.53. The maximum Gasteiger partial charge on any atom is 0.306 e. The summed E-state index contributed by atoms with van der Waals surface area (Å²) in [5.41, 5.74) is 0. The van der Waals surface area contributed by atoms with Gasteiger partial charge in [-0.1, -0.05) is 194 Å². The molecule has 0 spiro atoms. The van der Waals surface area contributed by atoms with E-state index in [-0.39, 0.29) is 50.4 Å². The quantitative estimate of drug-likeness (QED) is 0.0201. The molecule has 0 saturated heterocycles. The first-order valence-electron chi connectivity index (χ1n) is 24.1.